The molecular weight excluding hydrogens is 126 g/mol. The zero-order valence-electron chi connectivity index (χ0n) is 5.89. The second-order valence-electron chi connectivity index (χ2n) is 3.13. The van der Waals surface area contributed by atoms with Crippen molar-refractivity contribution in [1.82, 2.24) is 5.32 Å². The lowest BCUT2D eigenvalue weighted by Gasteiger charge is -2.27. The van der Waals surface area contributed by atoms with Crippen LogP contribution >= 0.6 is 0 Å². The summed E-state index contributed by atoms with van der Waals surface area (Å²) in [4.78, 5) is 0. The second kappa shape index (κ2) is 1.98. The van der Waals surface area contributed by atoms with Crippen LogP contribution in [0.3, 0.4) is 0 Å². The highest BCUT2D eigenvalue weighted by molar-refractivity contribution is 5.08. The summed E-state index contributed by atoms with van der Waals surface area (Å²) >= 11 is 0. The molecule has 54 valence electrons. The van der Waals surface area contributed by atoms with Gasteiger partial charge in [0.15, 0.2) is 0 Å². The molecule has 0 radical (unpaired) electrons. The van der Waals surface area contributed by atoms with Crippen molar-refractivity contribution in [2.75, 3.05) is 13.2 Å². The fraction of sp³-hybridized carbons (Fsp3) is 0.750. The Bertz CT molecular complexity index is 168. The van der Waals surface area contributed by atoms with Gasteiger partial charge in [0.25, 0.3) is 0 Å². The molecule has 2 rings (SSSR count). The largest absolute Gasteiger partial charge is 0.362 e. The lowest BCUT2D eigenvalue weighted by Crippen LogP contribution is -2.47. The summed E-state index contributed by atoms with van der Waals surface area (Å²) < 4.78 is 5.41. The average molecular weight is 137 g/mol. The van der Waals surface area contributed by atoms with Crippen molar-refractivity contribution < 1.29 is 4.74 Å². The van der Waals surface area contributed by atoms with Gasteiger partial charge in [-0.3, -0.25) is 0 Å². The topological polar surface area (TPSA) is 21.3 Å². The predicted molar refractivity (Wildman–Crippen MR) is 38.5 cm³/mol. The van der Waals surface area contributed by atoms with Gasteiger partial charge < -0.3 is 10.1 Å². The van der Waals surface area contributed by atoms with Crippen LogP contribution in [0.1, 0.15) is 12.8 Å². The van der Waals surface area contributed by atoms with E-state index in [1.165, 1.54) is 12.8 Å². The van der Waals surface area contributed by atoms with E-state index in [0.29, 0.717) is 5.54 Å². The van der Waals surface area contributed by atoms with E-state index < -0.39 is 0 Å². The maximum absolute atomic E-state index is 5.41. The summed E-state index contributed by atoms with van der Waals surface area (Å²) in [5.74, 6) is 2.58. The van der Waals surface area contributed by atoms with Gasteiger partial charge in [0.2, 0.25) is 0 Å². The molecule has 0 bridgehead atoms. The molecule has 1 aliphatic heterocycles. The fourth-order valence-corrected chi connectivity index (χ4v) is 1.26. The monoisotopic (exact) mass is 137 g/mol. The standard InChI is InChI=1S/C8H11NO/c1-2-7-5-9-8(3-4-8)6-10-7/h1,7,9H,3-6H2. The zero-order chi connectivity index (χ0) is 7.03. The lowest BCUT2D eigenvalue weighted by molar-refractivity contribution is 0.0293. The van der Waals surface area contributed by atoms with Crippen LogP contribution in [0.4, 0.5) is 0 Å². The van der Waals surface area contributed by atoms with Gasteiger partial charge in [-0.1, -0.05) is 5.92 Å². The highest BCUT2D eigenvalue weighted by atomic mass is 16.5. The summed E-state index contributed by atoms with van der Waals surface area (Å²) in [6.45, 7) is 1.64. The van der Waals surface area contributed by atoms with Crippen LogP contribution in [-0.4, -0.2) is 24.8 Å². The molecule has 2 fully saturated rings. The van der Waals surface area contributed by atoms with Crippen molar-refractivity contribution in [2.24, 2.45) is 0 Å². The molecule has 0 aromatic rings. The van der Waals surface area contributed by atoms with Gasteiger partial charge in [0.1, 0.15) is 6.10 Å². The van der Waals surface area contributed by atoms with Crippen LogP contribution in [0.5, 0.6) is 0 Å². The van der Waals surface area contributed by atoms with Crippen molar-refractivity contribution in [3.05, 3.63) is 0 Å². The molecule has 0 amide bonds. The predicted octanol–water partition coefficient (Wildman–Crippen LogP) is 0.141. The Balaban J connectivity index is 1.91. The van der Waals surface area contributed by atoms with Gasteiger partial charge >= 0.3 is 0 Å². The molecule has 1 atom stereocenters. The van der Waals surface area contributed by atoms with Crippen LogP contribution in [0.25, 0.3) is 0 Å². The van der Waals surface area contributed by atoms with Crippen molar-refractivity contribution in [3.63, 3.8) is 0 Å². The van der Waals surface area contributed by atoms with Gasteiger partial charge in [-0.15, -0.1) is 6.42 Å². The van der Waals surface area contributed by atoms with Crippen molar-refractivity contribution >= 4 is 0 Å². The molecule has 0 aromatic heterocycles. The average Bonchev–Trinajstić information content (AvgIpc) is 2.72. The summed E-state index contributed by atoms with van der Waals surface area (Å²) in [6, 6.07) is 0. The molecule has 2 nitrogen and oxygen atoms in total. The number of morpholine rings is 1. The zero-order valence-corrected chi connectivity index (χ0v) is 5.89. The first-order valence-electron chi connectivity index (χ1n) is 3.67. The van der Waals surface area contributed by atoms with Crippen LogP contribution in [-0.2, 0) is 4.74 Å². The van der Waals surface area contributed by atoms with Gasteiger partial charge in [0, 0.05) is 12.1 Å². The molecule has 0 aromatic carbocycles. The lowest BCUT2D eigenvalue weighted by atomic mass is 10.2. The van der Waals surface area contributed by atoms with E-state index in [9.17, 15) is 0 Å². The van der Waals surface area contributed by atoms with Crippen LogP contribution in [0.15, 0.2) is 0 Å². The summed E-state index contributed by atoms with van der Waals surface area (Å²) in [5.41, 5.74) is 0.341. The summed E-state index contributed by atoms with van der Waals surface area (Å²) in [6.07, 6.45) is 7.71. The molecule has 2 heteroatoms. The molecule has 2 aliphatic rings. The van der Waals surface area contributed by atoms with E-state index in [1.54, 1.807) is 0 Å². The molecule has 1 spiro atoms. The van der Waals surface area contributed by atoms with Crippen molar-refractivity contribution in [1.29, 1.82) is 0 Å². The first-order valence-corrected chi connectivity index (χ1v) is 3.67. The van der Waals surface area contributed by atoms with Crippen molar-refractivity contribution in [3.8, 4) is 12.3 Å². The first kappa shape index (κ1) is 6.21. The van der Waals surface area contributed by atoms with Crippen LogP contribution in [0.2, 0.25) is 0 Å². The highest BCUT2D eigenvalue weighted by Crippen LogP contribution is 2.37. The maximum Gasteiger partial charge on any atom is 0.130 e. The van der Waals surface area contributed by atoms with E-state index in [1.807, 2.05) is 0 Å². The molecule has 1 aliphatic carbocycles. The molecule has 1 heterocycles. The molecule has 1 N–H and O–H groups in total. The van der Waals surface area contributed by atoms with E-state index in [2.05, 4.69) is 11.2 Å². The van der Waals surface area contributed by atoms with Gasteiger partial charge in [-0.2, -0.15) is 0 Å². The molecule has 10 heavy (non-hydrogen) atoms. The molecule has 1 saturated heterocycles. The number of rotatable bonds is 0. The second-order valence-corrected chi connectivity index (χ2v) is 3.13. The van der Waals surface area contributed by atoms with E-state index in [0.717, 1.165) is 13.2 Å². The van der Waals surface area contributed by atoms with E-state index >= 15 is 0 Å². The first-order chi connectivity index (χ1) is 4.85. The third-order valence-corrected chi connectivity index (χ3v) is 2.26. The minimum atomic E-state index is 0.00576. The third-order valence-electron chi connectivity index (χ3n) is 2.26. The highest BCUT2D eigenvalue weighted by Gasteiger charge is 2.45. The number of terminal acetylenes is 1. The van der Waals surface area contributed by atoms with Gasteiger partial charge in [-0.25, -0.2) is 0 Å². The summed E-state index contributed by atoms with van der Waals surface area (Å²) in [5, 5.41) is 3.40. The Kier molecular flexibility index (Phi) is 1.23. The Morgan fingerprint density at radius 3 is 2.80 bits per heavy atom. The normalized spacial score (nSPS) is 35.3. The molecule has 1 saturated carbocycles. The van der Waals surface area contributed by atoms with E-state index in [-0.39, 0.29) is 6.10 Å². The Morgan fingerprint density at radius 2 is 2.40 bits per heavy atom. The number of nitrogens with one attached hydrogen (secondary N) is 1. The summed E-state index contributed by atoms with van der Waals surface area (Å²) in [7, 11) is 0. The number of ether oxygens (including phenoxy) is 1. The third kappa shape index (κ3) is 0.920. The van der Waals surface area contributed by atoms with Crippen LogP contribution < -0.4 is 5.32 Å². The Hall–Kier alpha value is -0.520. The Labute approximate surface area is 60.9 Å². The quantitative estimate of drug-likeness (QED) is 0.479. The smallest absolute Gasteiger partial charge is 0.130 e. The number of hydrogen-bond donors (Lipinski definition) is 1. The molecule has 1 unspecified atom stereocenters. The maximum atomic E-state index is 5.41. The van der Waals surface area contributed by atoms with Crippen LogP contribution in [0, 0.1) is 12.3 Å². The SMILES string of the molecule is C#CC1CNC2(CC2)CO1. The fourth-order valence-electron chi connectivity index (χ4n) is 1.26. The minimum absolute atomic E-state index is 0.00576. The number of hydrogen-bond acceptors (Lipinski definition) is 2. The van der Waals surface area contributed by atoms with Gasteiger partial charge in [-0.05, 0) is 12.8 Å². The van der Waals surface area contributed by atoms with Gasteiger partial charge in [0.05, 0.1) is 6.61 Å². The Morgan fingerprint density at radius 1 is 1.60 bits per heavy atom. The minimum Gasteiger partial charge on any atom is -0.362 e. The molecular formula is C8H11NO. The van der Waals surface area contributed by atoms with E-state index in [4.69, 9.17) is 11.2 Å². The van der Waals surface area contributed by atoms with Crippen molar-refractivity contribution in [2.45, 2.75) is 24.5 Å².